The topological polar surface area (TPSA) is 70.9 Å². The molecular weight excluding hydrogens is 332 g/mol. The number of hydrogen-bond donors (Lipinski definition) is 2. The van der Waals surface area contributed by atoms with Gasteiger partial charge in [0.2, 0.25) is 5.95 Å². The number of anilines is 1. The molecule has 130 valence electrons. The van der Waals surface area contributed by atoms with E-state index in [1.54, 1.807) is 17.5 Å². The third-order valence-electron chi connectivity index (χ3n) is 4.66. The van der Waals surface area contributed by atoms with E-state index in [4.69, 9.17) is 4.98 Å². The van der Waals surface area contributed by atoms with Gasteiger partial charge in [0.1, 0.15) is 0 Å². The number of aromatic nitrogens is 3. The maximum absolute atomic E-state index is 9.61. The lowest BCUT2D eigenvalue weighted by Crippen LogP contribution is -2.29. The van der Waals surface area contributed by atoms with E-state index >= 15 is 0 Å². The summed E-state index contributed by atoms with van der Waals surface area (Å²) < 4.78 is 1.23. The number of fused-ring (bicyclic) bond motifs is 1. The van der Waals surface area contributed by atoms with Crippen molar-refractivity contribution in [1.82, 2.24) is 15.0 Å². The van der Waals surface area contributed by atoms with Crippen molar-refractivity contribution in [3.8, 4) is 0 Å². The molecule has 5 nitrogen and oxygen atoms in total. The molecule has 0 saturated heterocycles. The number of aliphatic hydroxyl groups is 1. The van der Waals surface area contributed by atoms with Crippen LogP contribution in [0.1, 0.15) is 41.9 Å². The molecule has 2 heterocycles. The number of nitrogens with one attached hydrogen (secondary N) is 1. The standard InChI is InChI=1S/C19H22N4OS/c1-12-2-7-16-17(10-12)25-18(23-16)11-14-8-9-20-19(22-14)21-13-3-5-15(24)6-4-13/h2,7-10,13,15,24H,3-6,11H2,1H3,(H,20,21,22). The predicted molar refractivity (Wildman–Crippen MR) is 101 cm³/mol. The Labute approximate surface area is 151 Å². The number of aryl methyl sites for hydroxylation is 1. The summed E-state index contributed by atoms with van der Waals surface area (Å²) in [7, 11) is 0. The van der Waals surface area contributed by atoms with Crippen LogP contribution in [0, 0.1) is 6.92 Å². The highest BCUT2D eigenvalue weighted by molar-refractivity contribution is 7.18. The summed E-state index contributed by atoms with van der Waals surface area (Å²) in [6.07, 6.45) is 6.01. The number of nitrogens with zero attached hydrogens (tertiary/aromatic N) is 3. The summed E-state index contributed by atoms with van der Waals surface area (Å²) in [5.41, 5.74) is 3.29. The fraction of sp³-hybridized carbons (Fsp3) is 0.421. The number of benzene rings is 1. The molecule has 6 heteroatoms. The molecular formula is C19H22N4OS. The first-order chi connectivity index (χ1) is 12.2. The first kappa shape index (κ1) is 16.4. The van der Waals surface area contributed by atoms with Crippen LogP contribution in [-0.2, 0) is 6.42 Å². The van der Waals surface area contributed by atoms with E-state index in [2.05, 4.69) is 40.4 Å². The summed E-state index contributed by atoms with van der Waals surface area (Å²) in [4.78, 5) is 13.7. The van der Waals surface area contributed by atoms with Gasteiger partial charge in [0, 0.05) is 18.7 Å². The molecule has 0 atom stereocenters. The van der Waals surface area contributed by atoms with Crippen molar-refractivity contribution in [2.75, 3.05) is 5.32 Å². The molecule has 1 saturated carbocycles. The molecule has 0 unspecified atom stereocenters. The van der Waals surface area contributed by atoms with Crippen molar-refractivity contribution >= 4 is 27.5 Å². The van der Waals surface area contributed by atoms with Crippen LogP contribution in [0.2, 0.25) is 0 Å². The lowest BCUT2D eigenvalue weighted by Gasteiger charge is -2.26. The van der Waals surface area contributed by atoms with Gasteiger partial charge in [-0.05, 0) is 56.4 Å². The smallest absolute Gasteiger partial charge is 0.223 e. The van der Waals surface area contributed by atoms with Gasteiger partial charge in [0.25, 0.3) is 0 Å². The molecule has 1 aliphatic rings. The first-order valence-electron chi connectivity index (χ1n) is 8.78. The molecule has 4 rings (SSSR count). The lowest BCUT2D eigenvalue weighted by atomic mass is 9.93. The average molecular weight is 354 g/mol. The quantitative estimate of drug-likeness (QED) is 0.747. The predicted octanol–water partition coefficient (Wildman–Crippen LogP) is 3.70. The molecule has 1 aromatic carbocycles. The van der Waals surface area contributed by atoms with Crippen LogP contribution >= 0.6 is 11.3 Å². The Balaban J connectivity index is 1.47. The van der Waals surface area contributed by atoms with Gasteiger partial charge in [-0.1, -0.05) is 6.07 Å². The van der Waals surface area contributed by atoms with Crippen LogP contribution in [0.5, 0.6) is 0 Å². The van der Waals surface area contributed by atoms with Gasteiger partial charge in [-0.15, -0.1) is 11.3 Å². The summed E-state index contributed by atoms with van der Waals surface area (Å²) in [5.74, 6) is 0.677. The molecule has 2 N–H and O–H groups in total. The van der Waals surface area contributed by atoms with Crippen molar-refractivity contribution in [1.29, 1.82) is 0 Å². The molecule has 1 fully saturated rings. The second-order valence-electron chi connectivity index (χ2n) is 6.78. The van der Waals surface area contributed by atoms with Crippen molar-refractivity contribution < 1.29 is 5.11 Å². The summed E-state index contributed by atoms with van der Waals surface area (Å²) in [5, 5.41) is 14.1. The Morgan fingerprint density at radius 1 is 1.16 bits per heavy atom. The minimum absolute atomic E-state index is 0.145. The van der Waals surface area contributed by atoms with Gasteiger partial charge in [-0.3, -0.25) is 0 Å². The first-order valence-corrected chi connectivity index (χ1v) is 9.60. The molecule has 2 aromatic heterocycles. The lowest BCUT2D eigenvalue weighted by molar-refractivity contribution is 0.126. The second kappa shape index (κ2) is 7.06. The second-order valence-corrected chi connectivity index (χ2v) is 7.89. The van der Waals surface area contributed by atoms with Gasteiger partial charge < -0.3 is 10.4 Å². The van der Waals surface area contributed by atoms with Crippen molar-refractivity contribution in [3.63, 3.8) is 0 Å². The van der Waals surface area contributed by atoms with Crippen molar-refractivity contribution in [2.24, 2.45) is 0 Å². The van der Waals surface area contributed by atoms with Crippen LogP contribution in [0.15, 0.2) is 30.5 Å². The van der Waals surface area contributed by atoms with Crippen LogP contribution in [0.25, 0.3) is 10.2 Å². The maximum atomic E-state index is 9.61. The van der Waals surface area contributed by atoms with E-state index in [1.807, 2.05) is 6.07 Å². The van der Waals surface area contributed by atoms with Gasteiger partial charge in [0.05, 0.1) is 27.0 Å². The zero-order chi connectivity index (χ0) is 17.2. The third kappa shape index (κ3) is 3.96. The van der Waals surface area contributed by atoms with Gasteiger partial charge in [-0.25, -0.2) is 15.0 Å². The molecule has 0 aliphatic heterocycles. The Morgan fingerprint density at radius 2 is 2.00 bits per heavy atom. The highest BCUT2D eigenvalue weighted by Crippen LogP contribution is 2.25. The Kier molecular flexibility index (Phi) is 4.63. The highest BCUT2D eigenvalue weighted by Gasteiger charge is 2.19. The van der Waals surface area contributed by atoms with Crippen molar-refractivity contribution in [3.05, 3.63) is 46.7 Å². The van der Waals surface area contributed by atoms with E-state index in [0.29, 0.717) is 12.0 Å². The van der Waals surface area contributed by atoms with E-state index in [9.17, 15) is 5.11 Å². The Bertz CT molecular complexity index is 871. The SMILES string of the molecule is Cc1ccc2nc(Cc3ccnc(NC4CCC(O)CC4)n3)sc2c1. The zero-order valence-corrected chi connectivity index (χ0v) is 15.1. The molecule has 0 amide bonds. The monoisotopic (exact) mass is 354 g/mol. The normalized spacial score (nSPS) is 20.7. The molecule has 3 aromatic rings. The van der Waals surface area contributed by atoms with Crippen molar-refractivity contribution in [2.45, 2.75) is 51.2 Å². The van der Waals surface area contributed by atoms with Crippen LogP contribution in [0.3, 0.4) is 0 Å². The average Bonchev–Trinajstić information content (AvgIpc) is 2.98. The Morgan fingerprint density at radius 3 is 2.84 bits per heavy atom. The van der Waals surface area contributed by atoms with E-state index in [0.717, 1.165) is 48.3 Å². The number of rotatable bonds is 4. The minimum atomic E-state index is -0.145. The van der Waals surface area contributed by atoms with Crippen LogP contribution < -0.4 is 5.32 Å². The van der Waals surface area contributed by atoms with E-state index in [1.165, 1.54) is 10.3 Å². The zero-order valence-electron chi connectivity index (χ0n) is 14.3. The number of aliphatic hydroxyl groups excluding tert-OH is 1. The van der Waals surface area contributed by atoms with E-state index < -0.39 is 0 Å². The van der Waals surface area contributed by atoms with E-state index in [-0.39, 0.29) is 6.10 Å². The summed E-state index contributed by atoms with van der Waals surface area (Å²) in [6.45, 7) is 2.10. The molecule has 0 spiro atoms. The summed E-state index contributed by atoms with van der Waals surface area (Å²) >= 11 is 1.73. The van der Waals surface area contributed by atoms with Crippen LogP contribution in [0.4, 0.5) is 5.95 Å². The Hall–Kier alpha value is -2.05. The molecule has 0 bridgehead atoms. The fourth-order valence-electron chi connectivity index (χ4n) is 3.28. The maximum Gasteiger partial charge on any atom is 0.223 e. The largest absolute Gasteiger partial charge is 0.393 e. The number of hydrogen-bond acceptors (Lipinski definition) is 6. The third-order valence-corrected chi connectivity index (χ3v) is 5.68. The summed E-state index contributed by atoms with van der Waals surface area (Å²) in [6, 6.07) is 8.66. The molecule has 25 heavy (non-hydrogen) atoms. The van der Waals surface area contributed by atoms with Crippen LogP contribution in [-0.4, -0.2) is 32.2 Å². The highest BCUT2D eigenvalue weighted by atomic mass is 32.1. The number of thiazole rings is 1. The van der Waals surface area contributed by atoms with Gasteiger partial charge in [0.15, 0.2) is 0 Å². The fourth-order valence-corrected chi connectivity index (χ4v) is 4.36. The van der Waals surface area contributed by atoms with Gasteiger partial charge >= 0.3 is 0 Å². The van der Waals surface area contributed by atoms with Gasteiger partial charge in [-0.2, -0.15) is 0 Å². The molecule has 0 radical (unpaired) electrons. The minimum Gasteiger partial charge on any atom is -0.393 e. The molecule has 1 aliphatic carbocycles.